The van der Waals surface area contributed by atoms with Crippen molar-refractivity contribution in [2.24, 2.45) is 11.1 Å². The Labute approximate surface area is 169 Å². The minimum Gasteiger partial charge on any atom is -0.325 e. The molecule has 0 aliphatic heterocycles. The van der Waals surface area contributed by atoms with Crippen molar-refractivity contribution in [3.8, 4) is 0 Å². The third kappa shape index (κ3) is 9.97. The first kappa shape index (κ1) is 25.5. The third-order valence-corrected chi connectivity index (χ3v) is 6.07. The summed E-state index contributed by atoms with van der Waals surface area (Å²) in [4.78, 5) is 0. The summed E-state index contributed by atoms with van der Waals surface area (Å²) < 4.78 is 0. The van der Waals surface area contributed by atoms with Crippen LogP contribution in [0.15, 0.2) is 30.3 Å². The zero-order valence-corrected chi connectivity index (χ0v) is 18.7. The van der Waals surface area contributed by atoms with E-state index in [0.29, 0.717) is 0 Å². The Bertz CT molecular complexity index is 437. The summed E-state index contributed by atoms with van der Waals surface area (Å²) >= 11 is 0. The fourth-order valence-electron chi connectivity index (χ4n) is 3.69. The molecule has 0 aliphatic rings. The Morgan fingerprint density at radius 3 is 1.65 bits per heavy atom. The molecule has 2 heteroatoms. The first-order chi connectivity index (χ1) is 11.9. The van der Waals surface area contributed by atoms with Crippen LogP contribution in [-0.2, 0) is 6.42 Å². The molecule has 152 valence electrons. The van der Waals surface area contributed by atoms with Crippen molar-refractivity contribution in [2.75, 3.05) is 0 Å². The Hall–Kier alpha value is -0.530. The first-order valence-corrected chi connectivity index (χ1v) is 10.7. The summed E-state index contributed by atoms with van der Waals surface area (Å²) in [5, 5.41) is 0. The van der Waals surface area contributed by atoms with Crippen LogP contribution in [0.1, 0.15) is 104 Å². The van der Waals surface area contributed by atoms with E-state index in [1.54, 1.807) is 0 Å². The van der Waals surface area contributed by atoms with Crippen LogP contribution in [0.4, 0.5) is 0 Å². The topological polar surface area (TPSA) is 26.0 Å². The molecular weight excluding hydrogens is 338 g/mol. The summed E-state index contributed by atoms with van der Waals surface area (Å²) in [6.07, 6.45) is 16.2. The second-order valence-corrected chi connectivity index (χ2v) is 8.88. The van der Waals surface area contributed by atoms with Crippen molar-refractivity contribution in [3.63, 3.8) is 0 Å². The van der Waals surface area contributed by atoms with Crippen LogP contribution in [0.3, 0.4) is 0 Å². The fraction of sp³-hybridized carbons (Fsp3) is 0.750. The molecule has 0 saturated heterocycles. The van der Waals surface area contributed by atoms with Crippen LogP contribution in [0.25, 0.3) is 0 Å². The highest BCUT2D eigenvalue weighted by molar-refractivity contribution is 5.85. The molecule has 0 aliphatic carbocycles. The Morgan fingerprint density at radius 2 is 1.19 bits per heavy atom. The largest absolute Gasteiger partial charge is 0.325 e. The monoisotopic (exact) mass is 381 g/mol. The van der Waals surface area contributed by atoms with Crippen LogP contribution < -0.4 is 5.73 Å². The SMILES string of the molecule is CCCCCCCCCCCCC(C)(Cc1ccccc1)C(C)(C)N.Cl. The molecule has 0 saturated carbocycles. The molecule has 1 rings (SSSR count). The molecule has 2 N–H and O–H groups in total. The predicted molar refractivity (Wildman–Crippen MR) is 120 cm³/mol. The van der Waals surface area contributed by atoms with E-state index in [1.807, 2.05) is 0 Å². The second kappa shape index (κ2) is 13.6. The lowest BCUT2D eigenvalue weighted by atomic mass is 9.67. The second-order valence-electron chi connectivity index (χ2n) is 8.88. The molecular formula is C24H44ClN. The van der Waals surface area contributed by atoms with Gasteiger partial charge in [-0.3, -0.25) is 0 Å². The van der Waals surface area contributed by atoms with Gasteiger partial charge in [0, 0.05) is 5.54 Å². The molecule has 26 heavy (non-hydrogen) atoms. The lowest BCUT2D eigenvalue weighted by molar-refractivity contribution is 0.153. The van der Waals surface area contributed by atoms with Crippen molar-refractivity contribution in [1.82, 2.24) is 0 Å². The molecule has 1 aromatic rings. The van der Waals surface area contributed by atoms with E-state index in [0.717, 1.165) is 6.42 Å². The number of hydrogen-bond acceptors (Lipinski definition) is 1. The molecule has 0 aromatic heterocycles. The van der Waals surface area contributed by atoms with Crippen LogP contribution in [0.5, 0.6) is 0 Å². The lowest BCUT2D eigenvalue weighted by Crippen LogP contribution is -2.50. The summed E-state index contributed by atoms with van der Waals surface area (Å²) in [7, 11) is 0. The molecule has 0 heterocycles. The third-order valence-electron chi connectivity index (χ3n) is 6.07. The molecule has 1 nitrogen and oxygen atoms in total. The highest BCUT2D eigenvalue weighted by Gasteiger charge is 2.37. The minimum absolute atomic E-state index is 0. The van der Waals surface area contributed by atoms with E-state index in [9.17, 15) is 0 Å². The Balaban J connectivity index is 0.00000625. The van der Waals surface area contributed by atoms with Gasteiger partial charge in [-0.15, -0.1) is 12.4 Å². The van der Waals surface area contributed by atoms with Gasteiger partial charge in [0.2, 0.25) is 0 Å². The lowest BCUT2D eigenvalue weighted by Gasteiger charge is -2.42. The molecule has 0 bridgehead atoms. The zero-order chi connectivity index (χ0) is 18.6. The highest BCUT2D eigenvalue weighted by Crippen LogP contribution is 2.38. The van der Waals surface area contributed by atoms with Crippen molar-refractivity contribution in [2.45, 2.75) is 110 Å². The van der Waals surface area contributed by atoms with Crippen molar-refractivity contribution >= 4 is 12.4 Å². The smallest absolute Gasteiger partial charge is 0.0154 e. The number of rotatable bonds is 14. The molecule has 1 atom stereocenters. The van der Waals surface area contributed by atoms with Gasteiger partial charge in [0.25, 0.3) is 0 Å². The molecule has 1 aromatic carbocycles. The number of hydrogen-bond donors (Lipinski definition) is 1. The van der Waals surface area contributed by atoms with E-state index >= 15 is 0 Å². The highest BCUT2D eigenvalue weighted by atomic mass is 35.5. The number of halogens is 1. The van der Waals surface area contributed by atoms with Crippen LogP contribution >= 0.6 is 12.4 Å². The Kier molecular flexibility index (Phi) is 13.3. The van der Waals surface area contributed by atoms with Gasteiger partial charge in [-0.05, 0) is 37.7 Å². The van der Waals surface area contributed by atoms with Crippen LogP contribution in [0.2, 0.25) is 0 Å². The van der Waals surface area contributed by atoms with E-state index in [1.165, 1.54) is 76.2 Å². The van der Waals surface area contributed by atoms with Gasteiger partial charge in [0.1, 0.15) is 0 Å². The normalized spacial score (nSPS) is 13.9. The van der Waals surface area contributed by atoms with E-state index in [2.05, 4.69) is 58.0 Å². The van der Waals surface area contributed by atoms with Gasteiger partial charge < -0.3 is 5.73 Å². The average molecular weight is 382 g/mol. The Morgan fingerprint density at radius 1 is 0.731 bits per heavy atom. The van der Waals surface area contributed by atoms with Gasteiger partial charge in [0.05, 0.1) is 0 Å². The van der Waals surface area contributed by atoms with Gasteiger partial charge >= 0.3 is 0 Å². The van der Waals surface area contributed by atoms with Crippen LogP contribution in [0, 0.1) is 5.41 Å². The number of unbranched alkanes of at least 4 members (excludes halogenated alkanes) is 9. The summed E-state index contributed by atoms with van der Waals surface area (Å²) in [5.41, 5.74) is 8.01. The molecule has 0 amide bonds. The quantitative estimate of drug-likeness (QED) is 0.328. The standard InChI is InChI=1S/C24H43N.ClH/c1-5-6-7-8-9-10-11-12-13-17-20-24(4,23(2,3)25)21-22-18-15-14-16-19-22;/h14-16,18-19H,5-13,17,20-21,25H2,1-4H3;1H. The van der Waals surface area contributed by atoms with Crippen LogP contribution in [-0.4, -0.2) is 5.54 Å². The molecule has 0 fully saturated rings. The van der Waals surface area contributed by atoms with Crippen molar-refractivity contribution < 1.29 is 0 Å². The first-order valence-electron chi connectivity index (χ1n) is 10.7. The number of nitrogens with two attached hydrogens (primary N) is 1. The fourth-order valence-corrected chi connectivity index (χ4v) is 3.69. The minimum atomic E-state index is -0.151. The summed E-state index contributed by atoms with van der Waals surface area (Å²) in [5.74, 6) is 0. The summed E-state index contributed by atoms with van der Waals surface area (Å²) in [6.45, 7) is 9.07. The zero-order valence-electron chi connectivity index (χ0n) is 17.9. The predicted octanol–water partition coefficient (Wildman–Crippen LogP) is 7.71. The van der Waals surface area contributed by atoms with Gasteiger partial charge in [-0.25, -0.2) is 0 Å². The maximum absolute atomic E-state index is 6.58. The van der Waals surface area contributed by atoms with Gasteiger partial charge in [-0.2, -0.15) is 0 Å². The van der Waals surface area contributed by atoms with Crippen molar-refractivity contribution in [3.05, 3.63) is 35.9 Å². The maximum Gasteiger partial charge on any atom is 0.0154 e. The van der Waals surface area contributed by atoms with Gasteiger partial charge in [0.15, 0.2) is 0 Å². The van der Waals surface area contributed by atoms with Crippen molar-refractivity contribution in [1.29, 1.82) is 0 Å². The van der Waals surface area contributed by atoms with Gasteiger partial charge in [-0.1, -0.05) is 108 Å². The van der Waals surface area contributed by atoms with E-state index in [4.69, 9.17) is 5.73 Å². The van der Waals surface area contributed by atoms with E-state index in [-0.39, 0.29) is 23.4 Å². The number of benzene rings is 1. The average Bonchev–Trinajstić information content (AvgIpc) is 2.56. The summed E-state index contributed by atoms with van der Waals surface area (Å²) in [6, 6.07) is 10.8. The molecule has 0 radical (unpaired) electrons. The van der Waals surface area contributed by atoms with E-state index < -0.39 is 0 Å². The molecule has 1 unspecified atom stereocenters. The molecule has 0 spiro atoms. The maximum atomic E-state index is 6.58.